The second-order valence-electron chi connectivity index (χ2n) is 4.30. The standard InChI is InChI=1S/C15H17NO4/c1-19-12-6-4-11(5-7-12)15(18)16-9-8-13(17)14-3-2-10-20-14/h2-7,10,13,17H,8-9H2,1H3,(H,16,18). The molecular weight excluding hydrogens is 258 g/mol. The van der Waals surface area contributed by atoms with Gasteiger partial charge in [0.1, 0.15) is 17.6 Å². The molecule has 0 bridgehead atoms. The Morgan fingerprint density at radius 1 is 1.35 bits per heavy atom. The summed E-state index contributed by atoms with van der Waals surface area (Å²) in [6.07, 6.45) is 1.20. The Morgan fingerprint density at radius 2 is 2.10 bits per heavy atom. The molecule has 0 radical (unpaired) electrons. The molecule has 20 heavy (non-hydrogen) atoms. The predicted octanol–water partition coefficient (Wildman–Crippen LogP) is 2.14. The van der Waals surface area contributed by atoms with Crippen molar-refractivity contribution in [3.05, 3.63) is 54.0 Å². The summed E-state index contributed by atoms with van der Waals surface area (Å²) >= 11 is 0. The number of hydrogen-bond donors (Lipinski definition) is 2. The van der Waals surface area contributed by atoms with E-state index < -0.39 is 6.10 Å². The lowest BCUT2D eigenvalue weighted by Crippen LogP contribution is -2.25. The predicted molar refractivity (Wildman–Crippen MR) is 73.6 cm³/mol. The van der Waals surface area contributed by atoms with E-state index in [9.17, 15) is 9.90 Å². The number of methoxy groups -OCH3 is 1. The fourth-order valence-corrected chi connectivity index (χ4v) is 1.79. The molecule has 5 nitrogen and oxygen atoms in total. The molecule has 1 atom stereocenters. The third-order valence-corrected chi connectivity index (χ3v) is 2.93. The summed E-state index contributed by atoms with van der Waals surface area (Å²) in [5.74, 6) is 1.03. The van der Waals surface area contributed by atoms with Crippen molar-refractivity contribution in [2.45, 2.75) is 12.5 Å². The summed E-state index contributed by atoms with van der Waals surface area (Å²) in [4.78, 5) is 11.9. The Hall–Kier alpha value is -2.27. The fourth-order valence-electron chi connectivity index (χ4n) is 1.79. The molecule has 1 aromatic heterocycles. The maximum atomic E-state index is 11.9. The van der Waals surface area contributed by atoms with Crippen molar-refractivity contribution < 1.29 is 19.1 Å². The van der Waals surface area contributed by atoms with E-state index in [0.29, 0.717) is 30.0 Å². The average Bonchev–Trinajstić information content (AvgIpc) is 3.01. The molecule has 0 aliphatic heterocycles. The molecule has 0 saturated heterocycles. The zero-order valence-corrected chi connectivity index (χ0v) is 11.2. The topological polar surface area (TPSA) is 71.7 Å². The van der Waals surface area contributed by atoms with Crippen molar-refractivity contribution in [3.8, 4) is 5.75 Å². The molecule has 2 rings (SSSR count). The van der Waals surface area contributed by atoms with Crippen LogP contribution in [0.4, 0.5) is 0 Å². The zero-order valence-electron chi connectivity index (χ0n) is 11.2. The highest BCUT2D eigenvalue weighted by atomic mass is 16.5. The molecule has 1 heterocycles. The van der Waals surface area contributed by atoms with Gasteiger partial charge >= 0.3 is 0 Å². The minimum Gasteiger partial charge on any atom is -0.497 e. The van der Waals surface area contributed by atoms with Crippen LogP contribution in [0.25, 0.3) is 0 Å². The van der Waals surface area contributed by atoms with Gasteiger partial charge in [-0.25, -0.2) is 0 Å². The molecule has 1 aromatic carbocycles. The van der Waals surface area contributed by atoms with E-state index in [2.05, 4.69) is 5.32 Å². The number of ether oxygens (including phenoxy) is 1. The van der Waals surface area contributed by atoms with Gasteiger partial charge in [0.15, 0.2) is 0 Å². The quantitative estimate of drug-likeness (QED) is 0.847. The Labute approximate surface area is 117 Å². The molecule has 1 unspecified atom stereocenters. The largest absolute Gasteiger partial charge is 0.497 e. The van der Waals surface area contributed by atoms with Crippen LogP contribution in [0.1, 0.15) is 28.6 Å². The van der Waals surface area contributed by atoms with Gasteiger partial charge in [0.25, 0.3) is 5.91 Å². The van der Waals surface area contributed by atoms with E-state index >= 15 is 0 Å². The normalized spacial score (nSPS) is 11.9. The molecular formula is C15H17NO4. The van der Waals surface area contributed by atoms with Crippen molar-refractivity contribution in [2.24, 2.45) is 0 Å². The molecule has 0 aliphatic carbocycles. The number of aliphatic hydroxyl groups is 1. The van der Waals surface area contributed by atoms with Crippen molar-refractivity contribution in [1.29, 1.82) is 0 Å². The average molecular weight is 275 g/mol. The second-order valence-corrected chi connectivity index (χ2v) is 4.30. The minimum atomic E-state index is -0.707. The second kappa shape index (κ2) is 6.77. The van der Waals surface area contributed by atoms with Crippen molar-refractivity contribution in [2.75, 3.05) is 13.7 Å². The van der Waals surface area contributed by atoms with Gasteiger partial charge in [0.05, 0.1) is 13.4 Å². The van der Waals surface area contributed by atoms with Gasteiger partial charge in [-0.3, -0.25) is 4.79 Å². The highest BCUT2D eigenvalue weighted by Crippen LogP contribution is 2.16. The Kier molecular flexibility index (Phi) is 4.79. The lowest BCUT2D eigenvalue weighted by molar-refractivity contribution is 0.0936. The number of hydrogen-bond acceptors (Lipinski definition) is 4. The number of furan rings is 1. The Balaban J connectivity index is 1.80. The highest BCUT2D eigenvalue weighted by molar-refractivity contribution is 5.94. The van der Waals surface area contributed by atoms with Crippen LogP contribution in [0.2, 0.25) is 0 Å². The van der Waals surface area contributed by atoms with Crippen LogP contribution in [0.5, 0.6) is 5.75 Å². The van der Waals surface area contributed by atoms with Gasteiger partial charge in [-0.05, 0) is 42.8 Å². The summed E-state index contributed by atoms with van der Waals surface area (Å²) in [6.45, 7) is 0.368. The highest BCUT2D eigenvalue weighted by Gasteiger charge is 2.11. The number of amides is 1. The lowest BCUT2D eigenvalue weighted by atomic mass is 10.2. The summed E-state index contributed by atoms with van der Waals surface area (Å²) in [5, 5.41) is 12.5. The molecule has 2 aromatic rings. The fraction of sp³-hybridized carbons (Fsp3) is 0.267. The maximum absolute atomic E-state index is 11.9. The first-order chi connectivity index (χ1) is 9.70. The summed E-state index contributed by atoms with van der Waals surface area (Å²) in [6, 6.07) is 10.3. The van der Waals surface area contributed by atoms with Gasteiger partial charge in [-0.15, -0.1) is 0 Å². The van der Waals surface area contributed by atoms with Crippen molar-refractivity contribution in [1.82, 2.24) is 5.32 Å². The molecule has 5 heteroatoms. The lowest BCUT2D eigenvalue weighted by Gasteiger charge is -2.09. The third kappa shape index (κ3) is 3.61. The van der Waals surface area contributed by atoms with E-state index in [1.807, 2.05) is 0 Å². The summed E-state index contributed by atoms with van der Waals surface area (Å²) in [7, 11) is 1.57. The molecule has 106 valence electrons. The van der Waals surface area contributed by atoms with Gasteiger partial charge < -0.3 is 19.6 Å². The van der Waals surface area contributed by atoms with Gasteiger partial charge in [0.2, 0.25) is 0 Å². The first-order valence-electron chi connectivity index (χ1n) is 6.34. The zero-order chi connectivity index (χ0) is 14.4. The van der Waals surface area contributed by atoms with E-state index in [1.54, 1.807) is 43.5 Å². The molecule has 2 N–H and O–H groups in total. The maximum Gasteiger partial charge on any atom is 0.251 e. The minimum absolute atomic E-state index is 0.181. The number of carbonyl (C=O) groups excluding carboxylic acids is 1. The van der Waals surface area contributed by atoms with E-state index in [1.165, 1.54) is 6.26 Å². The smallest absolute Gasteiger partial charge is 0.251 e. The van der Waals surface area contributed by atoms with Gasteiger partial charge in [0, 0.05) is 12.1 Å². The summed E-state index contributed by atoms with van der Waals surface area (Å²) in [5.41, 5.74) is 0.554. The number of benzene rings is 1. The van der Waals surface area contributed by atoms with Crippen molar-refractivity contribution in [3.63, 3.8) is 0 Å². The summed E-state index contributed by atoms with van der Waals surface area (Å²) < 4.78 is 10.1. The van der Waals surface area contributed by atoms with Crippen LogP contribution in [-0.4, -0.2) is 24.7 Å². The van der Waals surface area contributed by atoms with Crippen LogP contribution in [0.3, 0.4) is 0 Å². The van der Waals surface area contributed by atoms with Crippen LogP contribution in [0.15, 0.2) is 47.1 Å². The van der Waals surface area contributed by atoms with Crippen LogP contribution < -0.4 is 10.1 Å². The van der Waals surface area contributed by atoms with E-state index in [4.69, 9.17) is 9.15 Å². The SMILES string of the molecule is COc1ccc(C(=O)NCCC(O)c2ccco2)cc1. The number of rotatable bonds is 6. The van der Waals surface area contributed by atoms with Crippen molar-refractivity contribution >= 4 is 5.91 Å². The van der Waals surface area contributed by atoms with E-state index in [-0.39, 0.29) is 5.91 Å². The van der Waals surface area contributed by atoms with Crippen LogP contribution in [-0.2, 0) is 0 Å². The Morgan fingerprint density at radius 3 is 2.70 bits per heavy atom. The molecule has 1 amide bonds. The van der Waals surface area contributed by atoms with Crippen LogP contribution in [0, 0.1) is 0 Å². The van der Waals surface area contributed by atoms with Gasteiger partial charge in [-0.1, -0.05) is 0 Å². The number of carbonyl (C=O) groups is 1. The first-order valence-corrected chi connectivity index (χ1v) is 6.34. The van der Waals surface area contributed by atoms with Gasteiger partial charge in [-0.2, -0.15) is 0 Å². The molecule has 0 fully saturated rings. The molecule has 0 saturated carbocycles. The number of nitrogens with one attached hydrogen (secondary N) is 1. The van der Waals surface area contributed by atoms with E-state index in [0.717, 1.165) is 0 Å². The third-order valence-electron chi connectivity index (χ3n) is 2.93. The van der Waals surface area contributed by atoms with Crippen LogP contribution >= 0.6 is 0 Å². The number of aliphatic hydroxyl groups excluding tert-OH is 1. The molecule has 0 aliphatic rings. The monoisotopic (exact) mass is 275 g/mol. The first kappa shape index (κ1) is 14.1. The Bertz CT molecular complexity index is 534. The molecule has 0 spiro atoms.